The third-order valence-electron chi connectivity index (χ3n) is 3.75. The van der Waals surface area contributed by atoms with E-state index in [1.54, 1.807) is 12.1 Å². The van der Waals surface area contributed by atoms with Gasteiger partial charge in [0, 0.05) is 16.2 Å². The molecule has 3 rings (SSSR count). The quantitative estimate of drug-likeness (QED) is 0.784. The molecule has 0 aliphatic heterocycles. The Bertz CT molecular complexity index is 770. The third kappa shape index (κ3) is 3.21. The van der Waals surface area contributed by atoms with E-state index in [1.165, 1.54) is 4.68 Å². The van der Waals surface area contributed by atoms with Gasteiger partial charge in [-0.2, -0.15) is 5.10 Å². The van der Waals surface area contributed by atoms with Gasteiger partial charge in [-0.15, -0.1) is 0 Å². The van der Waals surface area contributed by atoms with Gasteiger partial charge in [0.15, 0.2) is 0 Å². The maximum atomic E-state index is 12.1. The third-order valence-corrected chi connectivity index (χ3v) is 4.69. The van der Waals surface area contributed by atoms with Crippen LogP contribution in [0.25, 0.3) is 0 Å². The molecule has 6 heteroatoms. The van der Waals surface area contributed by atoms with Crippen molar-refractivity contribution in [1.82, 2.24) is 15.1 Å². The van der Waals surface area contributed by atoms with Crippen LogP contribution in [-0.4, -0.2) is 22.2 Å². The van der Waals surface area contributed by atoms with E-state index in [1.807, 2.05) is 18.2 Å². The summed E-state index contributed by atoms with van der Waals surface area (Å²) in [6.45, 7) is 0.775. The molecule has 5 nitrogen and oxygen atoms in total. The monoisotopic (exact) mass is 409 g/mol. The molecule has 0 unspecified atom stereocenters. The Hall–Kier alpha value is -1.70. The predicted octanol–water partition coefficient (Wildman–Crippen LogP) is 1.77. The first-order chi connectivity index (χ1) is 10.6. The second-order valence-electron chi connectivity index (χ2n) is 5.27. The zero-order valence-electron chi connectivity index (χ0n) is 12.0. The van der Waals surface area contributed by atoms with Crippen LogP contribution in [0.4, 0.5) is 0 Å². The van der Waals surface area contributed by atoms with E-state index in [4.69, 9.17) is 0 Å². The van der Waals surface area contributed by atoms with Crippen molar-refractivity contribution >= 4 is 28.5 Å². The highest BCUT2D eigenvalue weighted by Crippen LogP contribution is 2.16. The Labute approximate surface area is 141 Å². The zero-order chi connectivity index (χ0) is 15.5. The highest BCUT2D eigenvalue weighted by molar-refractivity contribution is 14.1. The molecule has 0 saturated heterocycles. The zero-order valence-corrected chi connectivity index (χ0v) is 14.2. The molecule has 2 aromatic rings. The fraction of sp³-hybridized carbons (Fsp3) is 0.312. The summed E-state index contributed by atoms with van der Waals surface area (Å²) >= 11 is 2.14. The minimum atomic E-state index is -0.126. The fourth-order valence-electron chi connectivity index (χ4n) is 2.62. The lowest BCUT2D eigenvalue weighted by atomic mass is 10.2. The molecular formula is C16H16IN3O2. The van der Waals surface area contributed by atoms with E-state index in [0.29, 0.717) is 18.7 Å². The van der Waals surface area contributed by atoms with Gasteiger partial charge in [-0.05, 0) is 59.5 Å². The normalized spacial score (nSPS) is 13.0. The second-order valence-corrected chi connectivity index (χ2v) is 6.43. The maximum Gasteiger partial charge on any atom is 0.267 e. The number of aryl methyl sites for hydroxylation is 2. The Morgan fingerprint density at radius 2 is 2.14 bits per heavy atom. The molecule has 1 aromatic carbocycles. The number of halogens is 1. The van der Waals surface area contributed by atoms with Gasteiger partial charge < -0.3 is 5.32 Å². The number of benzene rings is 1. The molecule has 1 aliphatic rings. The first-order valence-electron chi connectivity index (χ1n) is 7.28. The number of carbonyl (C=O) groups excluding carboxylic acids is 1. The molecule has 0 saturated carbocycles. The molecule has 1 N–H and O–H groups in total. The van der Waals surface area contributed by atoms with Crippen molar-refractivity contribution in [2.75, 3.05) is 6.54 Å². The summed E-state index contributed by atoms with van der Waals surface area (Å²) in [7, 11) is 0. The van der Waals surface area contributed by atoms with Crippen LogP contribution < -0.4 is 10.9 Å². The predicted molar refractivity (Wildman–Crippen MR) is 92.0 cm³/mol. The molecule has 22 heavy (non-hydrogen) atoms. The van der Waals surface area contributed by atoms with Gasteiger partial charge in [-0.25, -0.2) is 4.68 Å². The van der Waals surface area contributed by atoms with Crippen molar-refractivity contribution in [1.29, 1.82) is 0 Å². The average molecular weight is 409 g/mol. The van der Waals surface area contributed by atoms with E-state index in [0.717, 1.165) is 34.1 Å². The number of carbonyl (C=O) groups is 1. The highest BCUT2D eigenvalue weighted by Gasteiger charge is 2.15. The van der Waals surface area contributed by atoms with Crippen molar-refractivity contribution in [2.45, 2.75) is 25.8 Å². The van der Waals surface area contributed by atoms with Gasteiger partial charge in [0.25, 0.3) is 11.5 Å². The lowest BCUT2D eigenvalue weighted by molar-refractivity contribution is 0.0951. The smallest absolute Gasteiger partial charge is 0.267 e. The van der Waals surface area contributed by atoms with Crippen molar-refractivity contribution in [3.8, 4) is 0 Å². The van der Waals surface area contributed by atoms with Gasteiger partial charge in [-0.3, -0.25) is 9.59 Å². The van der Waals surface area contributed by atoms with Crippen LogP contribution in [0.15, 0.2) is 35.1 Å². The summed E-state index contributed by atoms with van der Waals surface area (Å²) in [5.41, 5.74) is 2.65. The largest absolute Gasteiger partial charge is 0.350 e. The second kappa shape index (κ2) is 6.60. The van der Waals surface area contributed by atoms with E-state index < -0.39 is 0 Å². The van der Waals surface area contributed by atoms with Gasteiger partial charge in [0.05, 0.1) is 17.8 Å². The van der Waals surface area contributed by atoms with E-state index in [-0.39, 0.29) is 11.5 Å². The minimum absolute atomic E-state index is 0.0933. The Morgan fingerprint density at radius 3 is 2.95 bits per heavy atom. The van der Waals surface area contributed by atoms with Crippen LogP contribution in [0.2, 0.25) is 0 Å². The molecule has 114 valence electrons. The summed E-state index contributed by atoms with van der Waals surface area (Å²) in [4.78, 5) is 24.1. The van der Waals surface area contributed by atoms with Crippen LogP contribution in [0.5, 0.6) is 0 Å². The van der Waals surface area contributed by atoms with Gasteiger partial charge in [0.2, 0.25) is 0 Å². The van der Waals surface area contributed by atoms with Crippen molar-refractivity contribution in [3.63, 3.8) is 0 Å². The van der Waals surface area contributed by atoms with Crippen LogP contribution in [0.3, 0.4) is 0 Å². The number of nitrogens with one attached hydrogen (secondary N) is 1. The standard InChI is InChI=1S/C16H16IN3O2/c17-13-6-2-1-5-12(13)16(22)18-8-9-20-15(21)10-11-4-3-7-14(11)19-20/h1-2,5-6,10H,3-4,7-9H2,(H,18,22). The molecule has 0 radical (unpaired) electrons. The van der Waals surface area contributed by atoms with Gasteiger partial charge in [0.1, 0.15) is 0 Å². The number of aromatic nitrogens is 2. The summed E-state index contributed by atoms with van der Waals surface area (Å²) in [5, 5.41) is 7.23. The molecule has 0 spiro atoms. The Kier molecular flexibility index (Phi) is 4.56. The number of fused-ring (bicyclic) bond motifs is 1. The van der Waals surface area contributed by atoms with Crippen LogP contribution in [0.1, 0.15) is 28.0 Å². The molecule has 1 aliphatic carbocycles. The lowest BCUT2D eigenvalue weighted by Gasteiger charge is -2.09. The molecule has 0 bridgehead atoms. The molecule has 1 heterocycles. The summed E-state index contributed by atoms with van der Waals surface area (Å²) in [6.07, 6.45) is 2.95. The summed E-state index contributed by atoms with van der Waals surface area (Å²) in [5.74, 6) is -0.126. The molecular weight excluding hydrogens is 393 g/mol. The number of hydrogen-bond acceptors (Lipinski definition) is 3. The molecule has 1 aromatic heterocycles. The lowest BCUT2D eigenvalue weighted by Crippen LogP contribution is -2.32. The van der Waals surface area contributed by atoms with E-state index in [9.17, 15) is 9.59 Å². The molecule has 1 amide bonds. The average Bonchev–Trinajstić information content (AvgIpc) is 2.94. The fourth-order valence-corrected chi connectivity index (χ4v) is 3.25. The van der Waals surface area contributed by atoms with Crippen molar-refractivity contribution < 1.29 is 4.79 Å². The maximum absolute atomic E-state index is 12.1. The number of rotatable bonds is 4. The summed E-state index contributed by atoms with van der Waals surface area (Å²) in [6, 6.07) is 9.09. The first-order valence-corrected chi connectivity index (χ1v) is 8.35. The minimum Gasteiger partial charge on any atom is -0.350 e. The molecule has 0 fully saturated rings. The van der Waals surface area contributed by atoms with E-state index in [2.05, 4.69) is 33.0 Å². The van der Waals surface area contributed by atoms with Crippen LogP contribution >= 0.6 is 22.6 Å². The van der Waals surface area contributed by atoms with Gasteiger partial charge in [-0.1, -0.05) is 12.1 Å². The topological polar surface area (TPSA) is 64.0 Å². The number of amides is 1. The SMILES string of the molecule is O=C(NCCn1nc2c(cc1=O)CCC2)c1ccccc1I. The Balaban J connectivity index is 1.63. The van der Waals surface area contributed by atoms with Crippen LogP contribution in [-0.2, 0) is 19.4 Å². The molecule has 0 atom stereocenters. The van der Waals surface area contributed by atoms with Gasteiger partial charge >= 0.3 is 0 Å². The highest BCUT2D eigenvalue weighted by atomic mass is 127. The van der Waals surface area contributed by atoms with Crippen molar-refractivity contribution in [2.24, 2.45) is 0 Å². The Morgan fingerprint density at radius 1 is 1.32 bits per heavy atom. The van der Waals surface area contributed by atoms with E-state index >= 15 is 0 Å². The first kappa shape index (κ1) is 15.2. The van der Waals surface area contributed by atoms with Crippen molar-refractivity contribution in [3.05, 3.63) is 61.1 Å². The number of nitrogens with zero attached hydrogens (tertiary/aromatic N) is 2. The number of hydrogen-bond donors (Lipinski definition) is 1. The van der Waals surface area contributed by atoms with Crippen LogP contribution in [0, 0.1) is 3.57 Å². The summed E-state index contributed by atoms with van der Waals surface area (Å²) < 4.78 is 2.35.